The molecule has 0 amide bonds. The van der Waals surface area contributed by atoms with Gasteiger partial charge in [0, 0.05) is 13.1 Å². The van der Waals surface area contributed by atoms with Crippen molar-refractivity contribution in [2.24, 2.45) is 4.76 Å². The summed E-state index contributed by atoms with van der Waals surface area (Å²) >= 11 is 6.79. The summed E-state index contributed by atoms with van der Waals surface area (Å²) in [5.74, 6) is 1.13. The van der Waals surface area contributed by atoms with Crippen molar-refractivity contribution in [3.05, 3.63) is 0 Å². The standard InChI is InChI=1S/C17H39ClN2P2Si3/c1-23(2,3)15-22(18)19-16(20-13-11-10-12-14-20)21-17(24(4,5)6)25(7,8)9/h10-15H2,1-9H3/b19-16+. The largest absolute Gasteiger partial charge is 0.353 e. The molecule has 1 rings (SSSR count). The maximum Gasteiger partial charge on any atom is 0.155 e. The molecule has 0 radical (unpaired) electrons. The molecule has 1 aliphatic rings. The van der Waals surface area contributed by atoms with Gasteiger partial charge in [0.1, 0.15) is 7.43 Å². The fourth-order valence-electron chi connectivity index (χ4n) is 3.33. The molecule has 1 heterocycles. The highest BCUT2D eigenvalue weighted by Crippen LogP contribution is 2.46. The molecular weight excluding hydrogens is 414 g/mol. The minimum Gasteiger partial charge on any atom is -0.353 e. The van der Waals surface area contributed by atoms with Crippen LogP contribution in [0.25, 0.3) is 0 Å². The SMILES string of the molecule is C[Si](C)(C)CP(Cl)/N=C(/P=C([Si](C)(C)C)[Si](C)(C)C)N1CCCCC1. The summed E-state index contributed by atoms with van der Waals surface area (Å²) < 4.78 is 7.00. The van der Waals surface area contributed by atoms with Crippen LogP contribution in [0.15, 0.2) is 4.76 Å². The van der Waals surface area contributed by atoms with Crippen LogP contribution in [0.4, 0.5) is 0 Å². The van der Waals surface area contributed by atoms with Crippen LogP contribution < -0.4 is 0 Å². The summed E-state index contributed by atoms with van der Waals surface area (Å²) in [4.78, 5) is 2.56. The monoisotopic (exact) mass is 452 g/mol. The second-order valence-corrected chi connectivity index (χ2v) is 31.3. The maximum absolute atomic E-state index is 6.79. The Bertz CT molecular complexity index is 483. The van der Waals surface area contributed by atoms with Gasteiger partial charge in [0.2, 0.25) is 0 Å². The van der Waals surface area contributed by atoms with E-state index in [0.29, 0.717) is 0 Å². The van der Waals surface area contributed by atoms with Crippen LogP contribution in [-0.2, 0) is 0 Å². The molecule has 1 saturated heterocycles. The number of likely N-dealkylation sites (tertiary alicyclic amines) is 1. The van der Waals surface area contributed by atoms with Gasteiger partial charge < -0.3 is 4.90 Å². The minimum absolute atomic E-state index is 0.744. The van der Waals surface area contributed by atoms with Gasteiger partial charge in [-0.3, -0.25) is 0 Å². The Hall–Kier alpha value is 1.01. The molecule has 0 aromatic rings. The van der Waals surface area contributed by atoms with Gasteiger partial charge in [0.25, 0.3) is 0 Å². The molecule has 0 saturated carbocycles. The van der Waals surface area contributed by atoms with Crippen molar-refractivity contribution in [1.82, 2.24) is 4.90 Å². The average Bonchev–Trinajstić information content (AvgIpc) is 2.39. The van der Waals surface area contributed by atoms with Crippen LogP contribution in [0.3, 0.4) is 0 Å². The third-order valence-electron chi connectivity index (χ3n) is 4.07. The van der Waals surface area contributed by atoms with Crippen molar-refractivity contribution in [2.75, 3.05) is 18.9 Å². The van der Waals surface area contributed by atoms with E-state index in [4.69, 9.17) is 16.0 Å². The van der Waals surface area contributed by atoms with E-state index in [9.17, 15) is 0 Å². The second kappa shape index (κ2) is 9.47. The Balaban J connectivity index is 3.27. The van der Waals surface area contributed by atoms with Gasteiger partial charge >= 0.3 is 0 Å². The van der Waals surface area contributed by atoms with Gasteiger partial charge in [-0.2, -0.15) is 0 Å². The first-order valence-electron chi connectivity index (χ1n) is 9.57. The maximum atomic E-state index is 6.79. The molecule has 0 aromatic carbocycles. The zero-order valence-electron chi connectivity index (χ0n) is 17.9. The Morgan fingerprint density at radius 1 is 0.920 bits per heavy atom. The second-order valence-electron chi connectivity index (χ2n) is 10.5. The van der Waals surface area contributed by atoms with E-state index < -0.39 is 31.6 Å². The number of hydrogen-bond donors (Lipinski definition) is 0. The Labute approximate surface area is 167 Å². The van der Waals surface area contributed by atoms with Gasteiger partial charge in [0.15, 0.2) is 5.58 Å². The lowest BCUT2D eigenvalue weighted by molar-refractivity contribution is 0.348. The molecule has 146 valence electrons. The number of amidine groups is 1. The van der Waals surface area contributed by atoms with Crippen LogP contribution in [0.2, 0.25) is 58.9 Å². The number of piperidine rings is 1. The first kappa shape index (κ1) is 24.0. The lowest BCUT2D eigenvalue weighted by Gasteiger charge is -2.34. The Morgan fingerprint density at radius 2 is 1.40 bits per heavy atom. The van der Waals surface area contributed by atoms with E-state index in [1.165, 1.54) is 46.1 Å². The minimum atomic E-state index is -1.31. The molecule has 1 atom stereocenters. The third kappa shape index (κ3) is 9.17. The van der Waals surface area contributed by atoms with E-state index in [-0.39, 0.29) is 0 Å². The normalized spacial score (nSPS) is 19.3. The number of rotatable bonds is 6. The lowest BCUT2D eigenvalue weighted by Crippen LogP contribution is -2.49. The van der Waals surface area contributed by atoms with Gasteiger partial charge in [-0.25, -0.2) is 4.76 Å². The molecule has 0 spiro atoms. The number of hydrogen-bond acceptors (Lipinski definition) is 1. The molecule has 0 N–H and O–H groups in total. The van der Waals surface area contributed by atoms with Crippen molar-refractivity contribution in [2.45, 2.75) is 78.2 Å². The summed E-state index contributed by atoms with van der Waals surface area (Å²) in [6, 6.07) is 0. The van der Waals surface area contributed by atoms with Gasteiger partial charge in [-0.05, 0) is 33.3 Å². The highest BCUT2D eigenvalue weighted by atomic mass is 35.7. The van der Waals surface area contributed by atoms with Crippen molar-refractivity contribution >= 4 is 61.2 Å². The van der Waals surface area contributed by atoms with Crippen molar-refractivity contribution in [1.29, 1.82) is 0 Å². The van der Waals surface area contributed by atoms with Gasteiger partial charge in [-0.1, -0.05) is 74.7 Å². The van der Waals surface area contributed by atoms with Gasteiger partial charge in [0.05, 0.1) is 24.2 Å². The summed E-state index contributed by atoms with van der Waals surface area (Å²) in [6.07, 6.45) is 3.97. The molecule has 2 nitrogen and oxygen atoms in total. The summed E-state index contributed by atoms with van der Waals surface area (Å²) in [5.41, 5.74) is 1.30. The summed E-state index contributed by atoms with van der Waals surface area (Å²) in [7, 11) is -3.14. The highest BCUT2D eigenvalue weighted by molar-refractivity contribution is 7.85. The number of halogens is 1. The quantitative estimate of drug-likeness (QED) is 0.181. The highest BCUT2D eigenvalue weighted by Gasteiger charge is 2.33. The van der Waals surface area contributed by atoms with Crippen LogP contribution in [-0.4, -0.2) is 58.1 Å². The van der Waals surface area contributed by atoms with E-state index >= 15 is 0 Å². The lowest BCUT2D eigenvalue weighted by atomic mass is 10.1. The Kier molecular flexibility index (Phi) is 9.11. The first-order chi connectivity index (χ1) is 11.2. The zero-order valence-corrected chi connectivity index (χ0v) is 23.5. The van der Waals surface area contributed by atoms with Crippen LogP contribution in [0.5, 0.6) is 0 Å². The molecule has 0 bridgehead atoms. The van der Waals surface area contributed by atoms with Crippen LogP contribution in [0.1, 0.15) is 19.3 Å². The van der Waals surface area contributed by atoms with E-state index in [0.717, 1.165) is 5.79 Å². The summed E-state index contributed by atoms with van der Waals surface area (Å²) in [6.45, 7) is 24.6. The first-order valence-corrected chi connectivity index (χ1v) is 23.6. The number of nitrogens with zero attached hydrogens (tertiary/aromatic N) is 2. The predicted molar refractivity (Wildman–Crippen MR) is 132 cm³/mol. The fourth-order valence-corrected chi connectivity index (χ4v) is 24.0. The van der Waals surface area contributed by atoms with Crippen LogP contribution in [0, 0.1) is 0 Å². The molecular formula is C17H39ClN2P2Si3. The smallest absolute Gasteiger partial charge is 0.155 e. The van der Waals surface area contributed by atoms with Crippen molar-refractivity contribution < 1.29 is 0 Å². The average molecular weight is 453 g/mol. The molecule has 25 heavy (non-hydrogen) atoms. The third-order valence-corrected chi connectivity index (χ3v) is 23.6. The summed E-state index contributed by atoms with van der Waals surface area (Å²) in [5, 5.41) is 0. The van der Waals surface area contributed by atoms with Crippen molar-refractivity contribution in [3.8, 4) is 0 Å². The van der Waals surface area contributed by atoms with Crippen molar-refractivity contribution in [3.63, 3.8) is 0 Å². The molecule has 0 aromatic heterocycles. The van der Waals surface area contributed by atoms with E-state index in [1.807, 2.05) is 4.54 Å². The molecule has 8 heteroatoms. The molecule has 1 aliphatic heterocycles. The van der Waals surface area contributed by atoms with E-state index in [1.54, 1.807) is 0 Å². The zero-order chi connectivity index (χ0) is 19.5. The topological polar surface area (TPSA) is 15.6 Å². The Morgan fingerprint density at radius 3 is 1.80 bits per heavy atom. The molecule has 1 unspecified atom stereocenters. The molecule has 1 fully saturated rings. The molecule has 0 aliphatic carbocycles. The van der Waals surface area contributed by atoms with E-state index in [2.05, 4.69) is 63.8 Å². The van der Waals surface area contributed by atoms with Gasteiger partial charge in [-0.15, -0.1) is 0 Å². The predicted octanol–water partition coefficient (Wildman–Crippen LogP) is 7.13. The fraction of sp³-hybridized carbons (Fsp3) is 0.882. The van der Waals surface area contributed by atoms with Crippen LogP contribution >= 0.6 is 26.9 Å².